The van der Waals surface area contributed by atoms with Crippen LogP contribution >= 0.6 is 0 Å². The maximum atomic E-state index is 14.7. The third-order valence-electron chi connectivity index (χ3n) is 12.2. The van der Waals surface area contributed by atoms with Crippen LogP contribution in [0.3, 0.4) is 0 Å². The highest BCUT2D eigenvalue weighted by Gasteiger charge is 2.40. The zero-order chi connectivity index (χ0) is 50.6. The van der Waals surface area contributed by atoms with Gasteiger partial charge in [-0.15, -0.1) is 0 Å². The molecule has 1 saturated heterocycles. The van der Waals surface area contributed by atoms with Crippen LogP contribution < -0.4 is 48.5 Å². The van der Waals surface area contributed by atoms with E-state index in [2.05, 4.69) is 41.5 Å². The second kappa shape index (κ2) is 27.1. The molecule has 69 heavy (non-hydrogen) atoms. The molecule has 376 valence electrons. The summed E-state index contributed by atoms with van der Waals surface area (Å²) in [6, 6.07) is 7.65. The van der Waals surface area contributed by atoms with Crippen molar-refractivity contribution in [2.45, 2.75) is 128 Å². The Kier molecular flexibility index (Phi) is 21.4. The first-order chi connectivity index (χ1) is 32.9. The van der Waals surface area contributed by atoms with Gasteiger partial charge in [0.05, 0.1) is 19.5 Å². The molecule has 2 aromatic carbocycles. The minimum atomic E-state index is -1.26. The van der Waals surface area contributed by atoms with E-state index in [9.17, 15) is 38.7 Å². The fourth-order valence-corrected chi connectivity index (χ4v) is 7.93. The van der Waals surface area contributed by atoms with Crippen LogP contribution in [0.1, 0.15) is 83.0 Å². The first-order valence-electron chi connectivity index (χ1n) is 23.4. The largest absolute Gasteiger partial charge is 0.497 e. The molecule has 1 aliphatic rings. The monoisotopic (exact) mass is 959 g/mol. The molecule has 0 radical (unpaired) electrons. The summed E-state index contributed by atoms with van der Waals surface area (Å²) in [7, 11) is 1.52. The predicted octanol–water partition coefficient (Wildman–Crippen LogP) is 0.419. The van der Waals surface area contributed by atoms with E-state index in [0.29, 0.717) is 48.3 Å². The number of nitrogens with two attached hydrogens (primary N) is 3. The molecular weight excluding hydrogens is 889 g/mol. The average molecular weight is 959 g/mol. The minimum absolute atomic E-state index is 0.0209. The smallest absolute Gasteiger partial charge is 0.326 e. The van der Waals surface area contributed by atoms with Crippen LogP contribution in [0.4, 0.5) is 0 Å². The van der Waals surface area contributed by atoms with E-state index in [-0.39, 0.29) is 51.2 Å². The summed E-state index contributed by atoms with van der Waals surface area (Å²) in [5.41, 5.74) is 18.8. The lowest BCUT2D eigenvalue weighted by Gasteiger charge is -2.38. The van der Waals surface area contributed by atoms with E-state index in [1.807, 2.05) is 6.92 Å². The van der Waals surface area contributed by atoms with Crippen LogP contribution in [0, 0.1) is 11.8 Å². The maximum Gasteiger partial charge on any atom is 0.326 e. The van der Waals surface area contributed by atoms with Gasteiger partial charge in [0.25, 0.3) is 0 Å². The summed E-state index contributed by atoms with van der Waals surface area (Å²) in [4.78, 5) is 109. The summed E-state index contributed by atoms with van der Waals surface area (Å²) >= 11 is 0. The molecule has 0 bridgehead atoms. The number of amides is 6. The number of carbonyl (C=O) groups is 7. The zero-order valence-electron chi connectivity index (χ0n) is 40.1. The number of carboxylic acids is 1. The number of methoxy groups -OCH3 is 1. The van der Waals surface area contributed by atoms with Crippen LogP contribution in [-0.4, -0.2) is 130 Å². The van der Waals surface area contributed by atoms with Crippen LogP contribution in [-0.2, 0) is 52.8 Å². The number of hydrogen-bond donors (Lipinski definition) is 10. The fourth-order valence-electron chi connectivity index (χ4n) is 7.93. The SMILES string of the molecule is CCC(C)[C@H](NC(=O)[C@H](Cc1ccc(OC)cc1)NC(=O)[C@@H](NC(=O)[C@@H](N)CCCN=C(N)N)C(C)C)C(=O)N[C@@H](Cc1cnc[nH]1)C(=O)N1CCCC[C@H]1C(=O)N[C@@H](Cc1ccccc1)C(=O)O. The highest BCUT2D eigenvalue weighted by atomic mass is 16.5. The number of likely N-dealkylation sites (tertiary alicyclic amines) is 1. The van der Waals surface area contributed by atoms with Crippen molar-refractivity contribution in [3.8, 4) is 5.75 Å². The number of aromatic amines is 1. The maximum absolute atomic E-state index is 14.7. The number of aliphatic imine (C=N–C) groups is 1. The number of ether oxygens (including phenoxy) is 1. The number of rotatable bonds is 26. The predicted molar refractivity (Wildman–Crippen MR) is 258 cm³/mol. The quantitative estimate of drug-likeness (QED) is 0.0297. The Balaban J connectivity index is 1.58. The van der Waals surface area contributed by atoms with E-state index in [1.54, 1.807) is 75.4 Å². The Morgan fingerprint density at radius 3 is 2.06 bits per heavy atom. The van der Waals surface area contributed by atoms with Gasteiger partial charge in [-0.2, -0.15) is 0 Å². The second-order valence-corrected chi connectivity index (χ2v) is 17.7. The van der Waals surface area contributed by atoms with Crippen molar-refractivity contribution >= 4 is 47.4 Å². The van der Waals surface area contributed by atoms with Crippen LogP contribution in [0.25, 0.3) is 0 Å². The van der Waals surface area contributed by atoms with E-state index in [4.69, 9.17) is 21.9 Å². The van der Waals surface area contributed by atoms with Crippen LogP contribution in [0.5, 0.6) is 5.75 Å². The van der Waals surface area contributed by atoms with E-state index < -0.39 is 95.5 Å². The van der Waals surface area contributed by atoms with Crippen molar-refractivity contribution in [2.24, 2.45) is 34.0 Å². The van der Waals surface area contributed by atoms with Gasteiger partial charge >= 0.3 is 5.97 Å². The number of aromatic nitrogens is 2. The van der Waals surface area contributed by atoms with Crippen LogP contribution in [0.2, 0.25) is 0 Å². The number of guanidine groups is 1. The van der Waals surface area contributed by atoms with Crippen molar-refractivity contribution in [1.29, 1.82) is 0 Å². The van der Waals surface area contributed by atoms with Gasteiger partial charge in [0.1, 0.15) is 42.0 Å². The van der Waals surface area contributed by atoms with Gasteiger partial charge in [-0.05, 0) is 67.2 Å². The highest BCUT2D eigenvalue weighted by Crippen LogP contribution is 2.21. The number of nitrogens with zero attached hydrogens (tertiary/aromatic N) is 3. The third-order valence-corrected chi connectivity index (χ3v) is 12.2. The molecule has 21 heteroatoms. The van der Waals surface area contributed by atoms with Gasteiger partial charge in [0.2, 0.25) is 35.4 Å². The Hall–Kier alpha value is -7.03. The van der Waals surface area contributed by atoms with Crippen molar-refractivity contribution in [3.63, 3.8) is 0 Å². The van der Waals surface area contributed by atoms with E-state index in [0.717, 1.165) is 0 Å². The lowest BCUT2D eigenvalue weighted by Crippen LogP contribution is -2.62. The number of nitrogens with one attached hydrogen (secondary N) is 6. The molecule has 0 saturated carbocycles. The fraction of sp³-hybridized carbons (Fsp3) is 0.521. The molecule has 4 rings (SSSR count). The first kappa shape index (κ1) is 54.6. The number of piperidine rings is 1. The molecule has 8 atom stereocenters. The Bertz CT molecular complexity index is 2190. The molecule has 1 fully saturated rings. The van der Waals surface area contributed by atoms with Crippen LogP contribution in [0.15, 0.2) is 72.1 Å². The first-order valence-corrected chi connectivity index (χ1v) is 23.4. The van der Waals surface area contributed by atoms with Crippen molar-refractivity contribution in [2.75, 3.05) is 20.2 Å². The number of carboxylic acid groups (broad SMARTS) is 1. The Morgan fingerprint density at radius 2 is 1.45 bits per heavy atom. The summed E-state index contributed by atoms with van der Waals surface area (Å²) in [5.74, 6) is -5.54. The molecular formula is C48H70N12O9. The number of aliphatic carboxylic acids is 1. The van der Waals surface area contributed by atoms with Crippen molar-refractivity contribution < 1.29 is 43.4 Å². The molecule has 13 N–H and O–H groups in total. The second-order valence-electron chi connectivity index (χ2n) is 17.7. The summed E-state index contributed by atoms with van der Waals surface area (Å²) in [5, 5.41) is 23.9. The Morgan fingerprint density at radius 1 is 0.812 bits per heavy atom. The normalized spacial score (nSPS) is 16.6. The summed E-state index contributed by atoms with van der Waals surface area (Å²) in [6.07, 6.45) is 5.39. The summed E-state index contributed by atoms with van der Waals surface area (Å²) in [6.45, 7) is 7.49. The van der Waals surface area contributed by atoms with Gasteiger partial charge < -0.3 is 63.5 Å². The number of imidazole rings is 1. The lowest BCUT2D eigenvalue weighted by molar-refractivity contribution is -0.147. The van der Waals surface area contributed by atoms with Gasteiger partial charge in [-0.3, -0.25) is 33.8 Å². The van der Waals surface area contributed by atoms with E-state index >= 15 is 0 Å². The number of hydrogen-bond acceptors (Lipinski definition) is 11. The minimum Gasteiger partial charge on any atom is -0.497 e. The average Bonchev–Trinajstić information content (AvgIpc) is 3.85. The number of H-pyrrole nitrogens is 1. The topological polar surface area (TPSA) is 331 Å². The molecule has 1 aliphatic heterocycles. The van der Waals surface area contributed by atoms with Crippen molar-refractivity contribution in [1.82, 2.24) is 41.5 Å². The molecule has 1 aromatic heterocycles. The third kappa shape index (κ3) is 16.9. The number of carbonyl (C=O) groups excluding carboxylic acids is 6. The van der Waals surface area contributed by atoms with E-state index in [1.165, 1.54) is 24.5 Å². The summed E-state index contributed by atoms with van der Waals surface area (Å²) < 4.78 is 5.31. The van der Waals surface area contributed by atoms with Gasteiger partial charge in [-0.25, -0.2) is 9.78 Å². The molecule has 3 aromatic rings. The standard InChI is InChI=1S/C48H70N12O9/c1-6-29(4)40(59-42(62)35(23-31-17-19-33(69-5)20-18-31)55-44(64)39(28(2)3)58-41(61)34(49)15-12-21-53-48(50)51)45(65)56-36(25-32-26-52-27-54-32)46(66)60-22-11-10-16-38(60)43(63)57-37(47(67)68)24-30-13-8-7-9-14-30/h7-9,13-14,17-20,26-29,34-40H,6,10-12,15-16,21-25,49H2,1-5H3,(H,52,54)(H,55,64)(H,56,65)(H,57,63)(H,58,61)(H,59,62)(H,67,68)(H4,50,51,53)/t29?,34-,35-,36-,37-,38-,39-,40-/m0/s1. The van der Waals surface area contributed by atoms with Gasteiger partial charge in [-0.1, -0.05) is 76.6 Å². The molecule has 2 heterocycles. The van der Waals surface area contributed by atoms with Crippen molar-refractivity contribution in [3.05, 3.63) is 83.9 Å². The zero-order valence-corrected chi connectivity index (χ0v) is 40.1. The molecule has 21 nitrogen and oxygen atoms in total. The Labute approximate surface area is 402 Å². The molecule has 6 amide bonds. The van der Waals surface area contributed by atoms with Gasteiger partial charge in [0, 0.05) is 44.2 Å². The molecule has 0 spiro atoms. The highest BCUT2D eigenvalue weighted by molar-refractivity contribution is 5.97. The lowest BCUT2D eigenvalue weighted by atomic mass is 9.95. The van der Waals surface area contributed by atoms with Gasteiger partial charge in [0.15, 0.2) is 5.96 Å². The number of benzene rings is 2. The molecule has 0 aliphatic carbocycles. The molecule has 1 unspecified atom stereocenters.